The van der Waals surface area contributed by atoms with E-state index in [2.05, 4.69) is 10.1 Å². The maximum atomic E-state index is 13.2. The van der Waals surface area contributed by atoms with E-state index in [1.54, 1.807) is 6.07 Å². The van der Waals surface area contributed by atoms with E-state index in [9.17, 15) is 4.39 Å². The fourth-order valence-corrected chi connectivity index (χ4v) is 1.76. The summed E-state index contributed by atoms with van der Waals surface area (Å²) < 4.78 is 18.4. The zero-order valence-electron chi connectivity index (χ0n) is 11.4. The van der Waals surface area contributed by atoms with E-state index in [1.807, 2.05) is 31.7 Å². The molecule has 0 aliphatic carbocycles. The van der Waals surface area contributed by atoms with Gasteiger partial charge in [0.25, 0.3) is 0 Å². The van der Waals surface area contributed by atoms with Crippen molar-refractivity contribution in [2.45, 2.75) is 33.2 Å². The van der Waals surface area contributed by atoms with Crippen molar-refractivity contribution in [2.75, 3.05) is 11.4 Å². The first kappa shape index (κ1) is 13.5. The summed E-state index contributed by atoms with van der Waals surface area (Å²) in [4.78, 5) is 6.28. The number of nitrogens with zero attached hydrogens (tertiary/aromatic N) is 3. The van der Waals surface area contributed by atoms with Crippen molar-refractivity contribution < 1.29 is 8.91 Å². The summed E-state index contributed by atoms with van der Waals surface area (Å²) in [5.41, 5.74) is 0.881. The molecule has 19 heavy (non-hydrogen) atoms. The lowest BCUT2D eigenvalue weighted by atomic mass is 10.2. The van der Waals surface area contributed by atoms with Crippen LogP contribution < -0.4 is 4.90 Å². The molecule has 5 heteroatoms. The topological polar surface area (TPSA) is 42.2 Å². The third-order valence-corrected chi connectivity index (χ3v) is 2.86. The number of aromatic nitrogens is 2. The Morgan fingerprint density at radius 1 is 1.37 bits per heavy atom. The maximum absolute atomic E-state index is 13.2. The Bertz CT molecular complexity index is 539. The Balaban J connectivity index is 2.15. The number of rotatable bonds is 5. The SMILES string of the molecule is CCN(Cc1cccc(F)c1)c1nc(C(C)C)no1. The van der Waals surface area contributed by atoms with Crippen LogP contribution in [0, 0.1) is 5.82 Å². The Kier molecular flexibility index (Phi) is 4.14. The molecule has 102 valence electrons. The predicted octanol–water partition coefficient (Wildman–Crippen LogP) is 3.36. The van der Waals surface area contributed by atoms with Gasteiger partial charge in [0.2, 0.25) is 0 Å². The summed E-state index contributed by atoms with van der Waals surface area (Å²) in [6, 6.07) is 7.01. The molecular formula is C14H18FN3O. The van der Waals surface area contributed by atoms with Gasteiger partial charge >= 0.3 is 6.01 Å². The number of hydrogen-bond acceptors (Lipinski definition) is 4. The molecule has 0 spiro atoms. The molecule has 0 unspecified atom stereocenters. The molecule has 1 heterocycles. The van der Waals surface area contributed by atoms with Crippen LogP contribution in [-0.2, 0) is 6.54 Å². The van der Waals surface area contributed by atoms with E-state index in [0.717, 1.165) is 12.1 Å². The highest BCUT2D eigenvalue weighted by Crippen LogP contribution is 2.18. The van der Waals surface area contributed by atoms with E-state index in [1.165, 1.54) is 12.1 Å². The van der Waals surface area contributed by atoms with Crippen LogP contribution in [0.4, 0.5) is 10.4 Å². The van der Waals surface area contributed by atoms with Crippen LogP contribution in [0.15, 0.2) is 28.8 Å². The van der Waals surface area contributed by atoms with Crippen molar-refractivity contribution in [1.29, 1.82) is 0 Å². The molecule has 0 aliphatic rings. The van der Waals surface area contributed by atoms with E-state index < -0.39 is 0 Å². The fraction of sp³-hybridized carbons (Fsp3) is 0.429. The molecule has 1 aromatic carbocycles. The molecule has 2 aromatic rings. The normalized spacial score (nSPS) is 11.0. The van der Waals surface area contributed by atoms with Crippen molar-refractivity contribution in [1.82, 2.24) is 10.1 Å². The molecule has 0 radical (unpaired) electrons. The van der Waals surface area contributed by atoms with Crippen molar-refractivity contribution >= 4 is 6.01 Å². The molecule has 0 saturated heterocycles. The van der Waals surface area contributed by atoms with Crippen LogP contribution >= 0.6 is 0 Å². The second-order valence-corrected chi connectivity index (χ2v) is 4.73. The second-order valence-electron chi connectivity index (χ2n) is 4.73. The lowest BCUT2D eigenvalue weighted by molar-refractivity contribution is 0.404. The molecule has 0 amide bonds. The number of hydrogen-bond donors (Lipinski definition) is 0. The molecular weight excluding hydrogens is 245 g/mol. The lowest BCUT2D eigenvalue weighted by Crippen LogP contribution is -2.22. The molecule has 0 N–H and O–H groups in total. The van der Waals surface area contributed by atoms with Crippen molar-refractivity contribution in [3.05, 3.63) is 41.5 Å². The third-order valence-electron chi connectivity index (χ3n) is 2.86. The van der Waals surface area contributed by atoms with Crippen LogP contribution in [0.2, 0.25) is 0 Å². The quantitative estimate of drug-likeness (QED) is 0.829. The van der Waals surface area contributed by atoms with Crippen molar-refractivity contribution in [3.8, 4) is 0 Å². The highest BCUT2D eigenvalue weighted by atomic mass is 19.1. The molecule has 2 rings (SSSR count). The lowest BCUT2D eigenvalue weighted by Gasteiger charge is -2.17. The van der Waals surface area contributed by atoms with E-state index in [4.69, 9.17) is 4.52 Å². The van der Waals surface area contributed by atoms with Gasteiger partial charge in [0, 0.05) is 19.0 Å². The van der Waals surface area contributed by atoms with Crippen LogP contribution in [0.3, 0.4) is 0 Å². The van der Waals surface area contributed by atoms with Gasteiger partial charge in [-0.2, -0.15) is 4.98 Å². The predicted molar refractivity (Wildman–Crippen MR) is 71.5 cm³/mol. The van der Waals surface area contributed by atoms with Crippen LogP contribution in [0.1, 0.15) is 38.1 Å². The molecule has 0 atom stereocenters. The average molecular weight is 263 g/mol. The Labute approximate surface area is 112 Å². The second kappa shape index (κ2) is 5.82. The largest absolute Gasteiger partial charge is 0.324 e. The van der Waals surface area contributed by atoms with E-state index >= 15 is 0 Å². The van der Waals surface area contributed by atoms with Crippen LogP contribution in [0.5, 0.6) is 0 Å². The van der Waals surface area contributed by atoms with Gasteiger partial charge in [-0.1, -0.05) is 31.1 Å². The van der Waals surface area contributed by atoms with Gasteiger partial charge in [0.15, 0.2) is 5.82 Å². The standard InChI is InChI=1S/C14H18FN3O/c1-4-18(9-11-6-5-7-12(15)8-11)14-16-13(10(2)3)17-19-14/h5-8,10H,4,9H2,1-3H3. The molecule has 0 fully saturated rings. The summed E-state index contributed by atoms with van der Waals surface area (Å²) >= 11 is 0. The van der Waals surface area contributed by atoms with Crippen molar-refractivity contribution in [2.24, 2.45) is 0 Å². The number of benzene rings is 1. The monoisotopic (exact) mass is 263 g/mol. The summed E-state index contributed by atoms with van der Waals surface area (Å²) in [6.45, 7) is 7.29. The first-order valence-corrected chi connectivity index (χ1v) is 6.43. The molecule has 0 saturated carbocycles. The first-order valence-electron chi connectivity index (χ1n) is 6.43. The van der Waals surface area contributed by atoms with Gasteiger partial charge in [-0.3, -0.25) is 0 Å². The van der Waals surface area contributed by atoms with E-state index in [0.29, 0.717) is 18.4 Å². The minimum atomic E-state index is -0.234. The summed E-state index contributed by atoms with van der Waals surface area (Å²) in [5, 5.41) is 3.94. The minimum absolute atomic E-state index is 0.227. The average Bonchev–Trinajstić information content (AvgIpc) is 2.85. The smallest absolute Gasteiger partial charge is 0.320 e. The minimum Gasteiger partial charge on any atom is -0.320 e. The van der Waals surface area contributed by atoms with Crippen LogP contribution in [-0.4, -0.2) is 16.7 Å². The van der Waals surface area contributed by atoms with Gasteiger partial charge < -0.3 is 9.42 Å². The first-order chi connectivity index (χ1) is 9.10. The zero-order chi connectivity index (χ0) is 13.8. The van der Waals surface area contributed by atoms with Crippen LogP contribution in [0.25, 0.3) is 0 Å². The highest BCUT2D eigenvalue weighted by Gasteiger charge is 2.15. The van der Waals surface area contributed by atoms with Gasteiger partial charge in [-0.15, -0.1) is 0 Å². The zero-order valence-corrected chi connectivity index (χ0v) is 11.4. The van der Waals surface area contributed by atoms with Gasteiger partial charge in [0.05, 0.1) is 0 Å². The Morgan fingerprint density at radius 3 is 2.74 bits per heavy atom. The summed E-state index contributed by atoms with van der Waals surface area (Å²) in [5.74, 6) is 0.681. The van der Waals surface area contributed by atoms with Gasteiger partial charge in [-0.05, 0) is 24.6 Å². The summed E-state index contributed by atoms with van der Waals surface area (Å²) in [6.07, 6.45) is 0. The Hall–Kier alpha value is -1.91. The van der Waals surface area contributed by atoms with Gasteiger partial charge in [-0.25, -0.2) is 4.39 Å². The maximum Gasteiger partial charge on any atom is 0.324 e. The Morgan fingerprint density at radius 2 is 2.16 bits per heavy atom. The van der Waals surface area contributed by atoms with E-state index in [-0.39, 0.29) is 11.7 Å². The molecule has 4 nitrogen and oxygen atoms in total. The molecule has 0 aliphatic heterocycles. The summed E-state index contributed by atoms with van der Waals surface area (Å²) in [7, 11) is 0. The fourth-order valence-electron chi connectivity index (χ4n) is 1.76. The molecule has 0 bridgehead atoms. The van der Waals surface area contributed by atoms with Gasteiger partial charge in [0.1, 0.15) is 5.82 Å². The van der Waals surface area contributed by atoms with Crippen molar-refractivity contribution in [3.63, 3.8) is 0 Å². The third kappa shape index (κ3) is 3.30. The number of anilines is 1. The molecule has 1 aromatic heterocycles. The highest BCUT2D eigenvalue weighted by molar-refractivity contribution is 5.29. The number of halogens is 1.